The summed E-state index contributed by atoms with van der Waals surface area (Å²) >= 11 is 6.49. The van der Waals surface area contributed by atoms with Crippen molar-refractivity contribution in [3.05, 3.63) is 82.6 Å². The van der Waals surface area contributed by atoms with E-state index in [4.69, 9.17) is 11.6 Å². The molecule has 32 heavy (non-hydrogen) atoms. The minimum Gasteiger partial charge on any atom is -0.377 e. The highest BCUT2D eigenvalue weighted by Crippen LogP contribution is 2.29. The number of nitrogens with zero attached hydrogens (tertiary/aromatic N) is 3. The molecule has 0 aliphatic rings. The smallest absolute Gasteiger partial charge is 0.257 e. The molecule has 4 aromatic rings. The molecule has 2 aromatic carbocycles. The van der Waals surface area contributed by atoms with Gasteiger partial charge in [-0.25, -0.2) is 9.67 Å². The minimum absolute atomic E-state index is 0.0985. The number of carbonyl (C=O) groups excluding carboxylic acids is 1. The SMILES string of the molecule is Cc1nc2c(cnn2C(C)C)cc1C(=O)Nc1ccc(NC(C)c2ccccc2)c(Cl)c1. The highest BCUT2D eigenvalue weighted by molar-refractivity contribution is 6.33. The molecule has 6 nitrogen and oxygen atoms in total. The van der Waals surface area contributed by atoms with E-state index in [-0.39, 0.29) is 18.0 Å². The van der Waals surface area contributed by atoms with Gasteiger partial charge in [0.2, 0.25) is 0 Å². The zero-order valence-electron chi connectivity index (χ0n) is 18.6. The van der Waals surface area contributed by atoms with Crippen molar-refractivity contribution in [3.63, 3.8) is 0 Å². The van der Waals surface area contributed by atoms with Crippen LogP contribution < -0.4 is 10.6 Å². The molecule has 2 N–H and O–H groups in total. The van der Waals surface area contributed by atoms with Crippen LogP contribution in [0.5, 0.6) is 0 Å². The van der Waals surface area contributed by atoms with Gasteiger partial charge >= 0.3 is 0 Å². The number of nitrogens with one attached hydrogen (secondary N) is 2. The molecule has 0 saturated carbocycles. The summed E-state index contributed by atoms with van der Waals surface area (Å²) in [7, 11) is 0. The monoisotopic (exact) mass is 447 g/mol. The first kappa shape index (κ1) is 21.8. The Balaban J connectivity index is 1.51. The summed E-state index contributed by atoms with van der Waals surface area (Å²) in [6.07, 6.45) is 1.74. The Hall–Kier alpha value is -3.38. The zero-order chi connectivity index (χ0) is 22.8. The summed E-state index contributed by atoms with van der Waals surface area (Å²) < 4.78 is 1.85. The summed E-state index contributed by atoms with van der Waals surface area (Å²) in [4.78, 5) is 17.6. The van der Waals surface area contributed by atoms with E-state index in [2.05, 4.69) is 39.8 Å². The summed E-state index contributed by atoms with van der Waals surface area (Å²) in [6, 6.07) is 17.7. The first-order valence-corrected chi connectivity index (χ1v) is 11.0. The number of pyridine rings is 1. The van der Waals surface area contributed by atoms with Crippen LogP contribution >= 0.6 is 11.6 Å². The molecule has 4 rings (SSSR count). The fourth-order valence-corrected chi connectivity index (χ4v) is 3.88. The van der Waals surface area contributed by atoms with Gasteiger partial charge in [0, 0.05) is 23.2 Å². The van der Waals surface area contributed by atoms with E-state index < -0.39 is 0 Å². The van der Waals surface area contributed by atoms with Crippen LogP contribution in [0.4, 0.5) is 11.4 Å². The van der Waals surface area contributed by atoms with Crippen LogP contribution in [0.2, 0.25) is 5.02 Å². The highest BCUT2D eigenvalue weighted by Gasteiger charge is 2.16. The van der Waals surface area contributed by atoms with Gasteiger partial charge in [-0.3, -0.25) is 4.79 Å². The number of amides is 1. The lowest BCUT2D eigenvalue weighted by atomic mass is 10.1. The number of rotatable bonds is 6. The lowest BCUT2D eigenvalue weighted by Gasteiger charge is -2.17. The quantitative estimate of drug-likeness (QED) is 0.358. The zero-order valence-corrected chi connectivity index (χ0v) is 19.3. The third-order valence-corrected chi connectivity index (χ3v) is 5.70. The predicted octanol–water partition coefficient (Wildman–Crippen LogP) is 6.40. The van der Waals surface area contributed by atoms with E-state index in [1.807, 2.05) is 61.9 Å². The second-order valence-electron chi connectivity index (χ2n) is 8.14. The highest BCUT2D eigenvalue weighted by atomic mass is 35.5. The van der Waals surface area contributed by atoms with E-state index in [0.29, 0.717) is 22.0 Å². The molecule has 0 bridgehead atoms. The summed E-state index contributed by atoms with van der Waals surface area (Å²) in [6.45, 7) is 8.01. The van der Waals surface area contributed by atoms with E-state index in [1.54, 1.807) is 12.3 Å². The molecule has 0 aliphatic heterocycles. The fourth-order valence-electron chi connectivity index (χ4n) is 3.64. The first-order chi connectivity index (χ1) is 15.3. The van der Waals surface area contributed by atoms with Crippen molar-refractivity contribution in [1.82, 2.24) is 14.8 Å². The van der Waals surface area contributed by atoms with E-state index in [1.165, 1.54) is 5.56 Å². The largest absolute Gasteiger partial charge is 0.377 e. The maximum absolute atomic E-state index is 12.9. The van der Waals surface area contributed by atoms with Crippen LogP contribution in [0.3, 0.4) is 0 Å². The summed E-state index contributed by atoms with van der Waals surface area (Å²) in [5.74, 6) is -0.233. The fraction of sp³-hybridized carbons (Fsp3) is 0.240. The average molecular weight is 448 g/mol. The van der Waals surface area contributed by atoms with E-state index in [9.17, 15) is 4.79 Å². The van der Waals surface area contributed by atoms with Crippen molar-refractivity contribution in [2.45, 2.75) is 39.8 Å². The molecule has 0 aliphatic carbocycles. The second-order valence-corrected chi connectivity index (χ2v) is 8.55. The number of aryl methyl sites for hydroxylation is 1. The topological polar surface area (TPSA) is 71.8 Å². The van der Waals surface area contributed by atoms with E-state index in [0.717, 1.165) is 16.7 Å². The van der Waals surface area contributed by atoms with Crippen LogP contribution in [0.25, 0.3) is 11.0 Å². The number of benzene rings is 2. The average Bonchev–Trinajstić information content (AvgIpc) is 3.18. The number of hydrogen-bond acceptors (Lipinski definition) is 4. The van der Waals surface area contributed by atoms with Crippen LogP contribution in [0, 0.1) is 6.92 Å². The molecular weight excluding hydrogens is 422 g/mol. The molecular formula is C25H26ClN5O. The molecule has 0 spiro atoms. The Labute approximate surface area is 192 Å². The van der Waals surface area contributed by atoms with Crippen molar-refractivity contribution in [2.75, 3.05) is 10.6 Å². The van der Waals surface area contributed by atoms with Gasteiger partial charge in [0.1, 0.15) is 0 Å². The molecule has 1 atom stereocenters. The van der Waals surface area contributed by atoms with Gasteiger partial charge in [0.05, 0.1) is 28.2 Å². The Kier molecular flexibility index (Phi) is 6.15. The predicted molar refractivity (Wildman–Crippen MR) is 131 cm³/mol. The van der Waals surface area contributed by atoms with Gasteiger partial charge in [-0.05, 0) is 57.5 Å². The van der Waals surface area contributed by atoms with Crippen LogP contribution in [-0.2, 0) is 0 Å². The molecule has 2 aromatic heterocycles. The molecule has 1 amide bonds. The lowest BCUT2D eigenvalue weighted by Crippen LogP contribution is -2.15. The van der Waals surface area contributed by atoms with Gasteiger partial charge < -0.3 is 10.6 Å². The number of carbonyl (C=O) groups is 1. The molecule has 1 unspecified atom stereocenters. The minimum atomic E-state index is -0.233. The van der Waals surface area contributed by atoms with Gasteiger partial charge in [-0.15, -0.1) is 0 Å². The number of fused-ring (bicyclic) bond motifs is 1. The third-order valence-electron chi connectivity index (χ3n) is 5.39. The Morgan fingerprint density at radius 2 is 1.81 bits per heavy atom. The number of aromatic nitrogens is 3. The second kappa shape index (κ2) is 9.01. The summed E-state index contributed by atoms with van der Waals surface area (Å²) in [5.41, 5.74) is 4.53. The van der Waals surface area contributed by atoms with Crippen LogP contribution in [0.1, 0.15) is 54.5 Å². The first-order valence-electron chi connectivity index (χ1n) is 10.6. The van der Waals surface area contributed by atoms with Gasteiger partial charge in [-0.1, -0.05) is 41.9 Å². The maximum Gasteiger partial charge on any atom is 0.257 e. The van der Waals surface area contributed by atoms with Gasteiger partial charge in [0.25, 0.3) is 5.91 Å². The van der Waals surface area contributed by atoms with Crippen molar-refractivity contribution < 1.29 is 4.79 Å². The normalized spacial score (nSPS) is 12.2. The van der Waals surface area contributed by atoms with Crippen molar-refractivity contribution >= 4 is 39.9 Å². The number of hydrogen-bond donors (Lipinski definition) is 2. The standard InChI is InChI=1S/C25H26ClN5O/c1-15(2)31-24-19(14-27-31)12-21(17(4)29-24)25(32)30-20-10-11-23(22(26)13-20)28-16(3)18-8-6-5-7-9-18/h5-16,28H,1-4H3,(H,30,32). The molecule has 0 radical (unpaired) electrons. The van der Waals surface area contributed by atoms with Crippen molar-refractivity contribution in [2.24, 2.45) is 0 Å². The van der Waals surface area contributed by atoms with Crippen molar-refractivity contribution in [3.8, 4) is 0 Å². The third kappa shape index (κ3) is 4.46. The van der Waals surface area contributed by atoms with Crippen LogP contribution in [0.15, 0.2) is 60.8 Å². The molecule has 2 heterocycles. The maximum atomic E-state index is 12.9. The Bertz CT molecular complexity index is 1270. The van der Waals surface area contributed by atoms with Crippen molar-refractivity contribution in [1.29, 1.82) is 0 Å². The Morgan fingerprint density at radius 3 is 2.50 bits per heavy atom. The van der Waals surface area contributed by atoms with E-state index >= 15 is 0 Å². The number of anilines is 2. The molecule has 0 saturated heterocycles. The summed E-state index contributed by atoms with van der Waals surface area (Å²) in [5, 5.41) is 12.1. The van der Waals surface area contributed by atoms with Crippen LogP contribution in [-0.4, -0.2) is 20.7 Å². The van der Waals surface area contributed by atoms with Gasteiger partial charge in [0.15, 0.2) is 5.65 Å². The van der Waals surface area contributed by atoms with Gasteiger partial charge in [-0.2, -0.15) is 5.10 Å². The lowest BCUT2D eigenvalue weighted by molar-refractivity contribution is 0.102. The number of halogens is 1. The molecule has 164 valence electrons. The molecule has 7 heteroatoms. The Morgan fingerprint density at radius 1 is 1.06 bits per heavy atom. The molecule has 0 fully saturated rings.